The van der Waals surface area contributed by atoms with Crippen LogP contribution in [0.15, 0.2) is 4.52 Å². The number of nitrogens with zero attached hydrogens (tertiary/aromatic N) is 2. The maximum atomic E-state index is 12.0. The summed E-state index contributed by atoms with van der Waals surface area (Å²) in [6.45, 7) is 4.96. The van der Waals surface area contributed by atoms with Gasteiger partial charge in [-0.25, -0.2) is 0 Å². The Balaban J connectivity index is 2.01. The lowest BCUT2D eigenvalue weighted by Gasteiger charge is -2.20. The van der Waals surface area contributed by atoms with Crippen LogP contribution in [0.1, 0.15) is 29.9 Å². The number of carbonyl (C=O) groups is 1. The van der Waals surface area contributed by atoms with Crippen molar-refractivity contribution in [1.82, 2.24) is 10.1 Å². The summed E-state index contributed by atoms with van der Waals surface area (Å²) in [5.41, 5.74) is 1.83. The van der Waals surface area contributed by atoms with Crippen LogP contribution in [0.3, 0.4) is 0 Å². The lowest BCUT2D eigenvalue weighted by molar-refractivity contribution is -0.140. The molecule has 0 N–H and O–H groups in total. The largest absolute Gasteiger partial charge is 0.368 e. The Morgan fingerprint density at radius 2 is 2.29 bits per heavy atom. The quantitative estimate of drug-likeness (QED) is 0.799. The van der Waals surface area contributed by atoms with E-state index in [9.17, 15) is 4.79 Å². The van der Waals surface area contributed by atoms with Gasteiger partial charge in [0, 0.05) is 19.2 Å². The molecule has 1 unspecified atom stereocenters. The lowest BCUT2D eigenvalue weighted by atomic mass is 10.1. The summed E-state index contributed by atoms with van der Waals surface area (Å²) in [7, 11) is 1.79. The summed E-state index contributed by atoms with van der Waals surface area (Å²) in [4.78, 5) is 13.7. The SMILES string of the molecule is Cc1noc(C)c1CN(C)C(=O)C1CCCO1. The predicted octanol–water partition coefficient (Wildman–Crippen LogP) is 1.43. The summed E-state index contributed by atoms with van der Waals surface area (Å²) in [6, 6.07) is 0. The highest BCUT2D eigenvalue weighted by Crippen LogP contribution is 2.18. The molecule has 0 spiro atoms. The molecule has 5 nitrogen and oxygen atoms in total. The van der Waals surface area contributed by atoms with E-state index in [1.165, 1.54) is 0 Å². The minimum Gasteiger partial charge on any atom is -0.368 e. The van der Waals surface area contributed by atoms with Gasteiger partial charge in [0.15, 0.2) is 0 Å². The van der Waals surface area contributed by atoms with Gasteiger partial charge in [0.1, 0.15) is 11.9 Å². The smallest absolute Gasteiger partial charge is 0.251 e. The van der Waals surface area contributed by atoms with Gasteiger partial charge in [0.2, 0.25) is 0 Å². The second-order valence-electron chi connectivity index (χ2n) is 4.50. The first kappa shape index (κ1) is 12.1. The van der Waals surface area contributed by atoms with Gasteiger partial charge in [-0.15, -0.1) is 0 Å². The first-order valence-electron chi connectivity index (χ1n) is 5.88. The van der Waals surface area contributed by atoms with Crippen molar-refractivity contribution in [2.75, 3.05) is 13.7 Å². The van der Waals surface area contributed by atoms with Crippen molar-refractivity contribution < 1.29 is 14.1 Å². The molecule has 5 heteroatoms. The third-order valence-corrected chi connectivity index (χ3v) is 3.16. The third kappa shape index (κ3) is 2.49. The second kappa shape index (κ2) is 4.87. The Labute approximate surface area is 101 Å². The maximum absolute atomic E-state index is 12.0. The van der Waals surface area contributed by atoms with Crippen molar-refractivity contribution >= 4 is 5.91 Å². The highest BCUT2D eigenvalue weighted by molar-refractivity contribution is 5.80. The summed E-state index contributed by atoms with van der Waals surface area (Å²) >= 11 is 0. The van der Waals surface area contributed by atoms with Crippen molar-refractivity contribution in [3.05, 3.63) is 17.0 Å². The molecule has 94 valence electrons. The fraction of sp³-hybridized carbons (Fsp3) is 0.667. The zero-order chi connectivity index (χ0) is 12.4. The first-order chi connectivity index (χ1) is 8.09. The van der Waals surface area contributed by atoms with Gasteiger partial charge in [-0.2, -0.15) is 0 Å². The van der Waals surface area contributed by atoms with E-state index >= 15 is 0 Å². The van der Waals surface area contributed by atoms with Crippen molar-refractivity contribution in [3.8, 4) is 0 Å². The number of carbonyl (C=O) groups excluding carboxylic acids is 1. The molecule has 1 aliphatic rings. The molecular weight excluding hydrogens is 220 g/mol. The van der Waals surface area contributed by atoms with Crippen molar-refractivity contribution in [2.45, 2.75) is 39.3 Å². The Bertz CT molecular complexity index is 388. The molecule has 0 aliphatic carbocycles. The van der Waals surface area contributed by atoms with Gasteiger partial charge in [0.25, 0.3) is 5.91 Å². The highest BCUT2D eigenvalue weighted by Gasteiger charge is 2.27. The number of amides is 1. The zero-order valence-corrected chi connectivity index (χ0v) is 10.5. The van der Waals surface area contributed by atoms with Gasteiger partial charge in [-0.3, -0.25) is 4.79 Å². The molecule has 0 bridgehead atoms. The van der Waals surface area contributed by atoms with Gasteiger partial charge in [-0.1, -0.05) is 5.16 Å². The molecule has 0 aromatic carbocycles. The van der Waals surface area contributed by atoms with Crippen LogP contribution in [-0.4, -0.2) is 35.7 Å². The van der Waals surface area contributed by atoms with Crippen LogP contribution in [0.25, 0.3) is 0 Å². The minimum atomic E-state index is -0.263. The van der Waals surface area contributed by atoms with Crippen LogP contribution in [0, 0.1) is 13.8 Å². The van der Waals surface area contributed by atoms with Gasteiger partial charge < -0.3 is 14.2 Å². The Morgan fingerprint density at radius 3 is 2.82 bits per heavy atom. The number of aromatic nitrogens is 1. The lowest BCUT2D eigenvalue weighted by Crippen LogP contribution is -2.35. The number of aryl methyl sites for hydroxylation is 2. The minimum absolute atomic E-state index is 0.0440. The monoisotopic (exact) mass is 238 g/mol. The van der Waals surface area contributed by atoms with Crippen LogP contribution >= 0.6 is 0 Å². The first-order valence-corrected chi connectivity index (χ1v) is 5.88. The average Bonchev–Trinajstić information content (AvgIpc) is 2.93. The highest BCUT2D eigenvalue weighted by atomic mass is 16.5. The van der Waals surface area contributed by atoms with Gasteiger partial charge in [-0.05, 0) is 26.7 Å². The van der Waals surface area contributed by atoms with E-state index in [-0.39, 0.29) is 12.0 Å². The van der Waals surface area contributed by atoms with Gasteiger partial charge in [0.05, 0.1) is 12.2 Å². The molecule has 1 amide bonds. The number of hydrogen-bond donors (Lipinski definition) is 0. The molecule has 2 heterocycles. The molecule has 2 rings (SSSR count). The van der Waals surface area contributed by atoms with Crippen molar-refractivity contribution in [3.63, 3.8) is 0 Å². The van der Waals surface area contributed by atoms with Gasteiger partial charge >= 0.3 is 0 Å². The van der Waals surface area contributed by atoms with E-state index in [4.69, 9.17) is 9.26 Å². The molecule has 0 saturated carbocycles. The van der Waals surface area contributed by atoms with Crippen LogP contribution < -0.4 is 0 Å². The average molecular weight is 238 g/mol. The standard InChI is InChI=1S/C12H18N2O3/c1-8-10(9(2)17-13-8)7-14(3)12(15)11-5-4-6-16-11/h11H,4-7H2,1-3H3. The Morgan fingerprint density at radius 1 is 1.53 bits per heavy atom. The molecule has 1 aromatic heterocycles. The molecule has 0 radical (unpaired) electrons. The van der Waals surface area contributed by atoms with E-state index in [0.29, 0.717) is 13.2 Å². The predicted molar refractivity (Wildman–Crippen MR) is 61.4 cm³/mol. The molecule has 1 aliphatic heterocycles. The zero-order valence-electron chi connectivity index (χ0n) is 10.5. The molecular formula is C12H18N2O3. The van der Waals surface area contributed by atoms with E-state index < -0.39 is 0 Å². The molecule has 1 atom stereocenters. The number of rotatable bonds is 3. The third-order valence-electron chi connectivity index (χ3n) is 3.16. The van der Waals surface area contributed by atoms with E-state index in [1.54, 1.807) is 11.9 Å². The van der Waals surface area contributed by atoms with Crippen molar-refractivity contribution in [1.29, 1.82) is 0 Å². The van der Waals surface area contributed by atoms with E-state index in [2.05, 4.69) is 5.16 Å². The summed E-state index contributed by atoms with van der Waals surface area (Å²) in [6.07, 6.45) is 1.53. The summed E-state index contributed by atoms with van der Waals surface area (Å²) in [5, 5.41) is 3.88. The number of likely N-dealkylation sites (N-methyl/N-ethyl adjacent to an activating group) is 1. The van der Waals surface area contributed by atoms with Crippen molar-refractivity contribution in [2.24, 2.45) is 0 Å². The fourth-order valence-electron chi connectivity index (χ4n) is 2.06. The Kier molecular flexibility index (Phi) is 3.47. The summed E-state index contributed by atoms with van der Waals surface area (Å²) in [5.74, 6) is 0.817. The number of hydrogen-bond acceptors (Lipinski definition) is 4. The summed E-state index contributed by atoms with van der Waals surface area (Å²) < 4.78 is 10.5. The van der Waals surface area contributed by atoms with E-state index in [1.807, 2.05) is 13.8 Å². The fourth-order valence-corrected chi connectivity index (χ4v) is 2.06. The Hall–Kier alpha value is -1.36. The number of ether oxygens (including phenoxy) is 1. The maximum Gasteiger partial charge on any atom is 0.251 e. The molecule has 1 saturated heterocycles. The molecule has 1 aromatic rings. The van der Waals surface area contributed by atoms with Crippen LogP contribution in [-0.2, 0) is 16.1 Å². The van der Waals surface area contributed by atoms with Crippen LogP contribution in [0.2, 0.25) is 0 Å². The second-order valence-corrected chi connectivity index (χ2v) is 4.50. The molecule has 1 fully saturated rings. The molecule has 17 heavy (non-hydrogen) atoms. The van der Waals surface area contributed by atoms with Crippen LogP contribution in [0.5, 0.6) is 0 Å². The normalized spacial score (nSPS) is 19.6. The van der Waals surface area contributed by atoms with E-state index in [0.717, 1.165) is 29.9 Å². The topological polar surface area (TPSA) is 55.6 Å². The van der Waals surface area contributed by atoms with Crippen LogP contribution in [0.4, 0.5) is 0 Å².